The van der Waals surface area contributed by atoms with E-state index in [1.165, 1.54) is 0 Å². The van der Waals surface area contributed by atoms with E-state index in [0.29, 0.717) is 5.56 Å². The third kappa shape index (κ3) is 3.79. The highest BCUT2D eigenvalue weighted by Gasteiger charge is 2.18. The Morgan fingerprint density at radius 1 is 0.395 bits per heavy atom. The number of benzene rings is 8. The largest absolute Gasteiger partial charge is 0.456 e. The summed E-state index contributed by atoms with van der Waals surface area (Å²) in [5.74, 6) is 0. The SMILES string of the molecule is [2H]c1c([2H])c([2H])c(-c2c([2H])c([2H])c3oc4c([2H])c(-c5c6ccccc6c(-c6ccc7ccccc7c6)c6ccccc56)c([2H])c([2H])c4c3c2[2H])c([2H])c1[2H]. The second-order valence-corrected chi connectivity index (χ2v) is 10.4. The number of furan rings is 1. The van der Waals surface area contributed by atoms with Gasteiger partial charge >= 0.3 is 0 Å². The molecule has 0 unspecified atom stereocenters. The van der Waals surface area contributed by atoms with Crippen LogP contribution in [0.25, 0.3) is 87.6 Å². The lowest BCUT2D eigenvalue weighted by Gasteiger charge is -2.18. The lowest BCUT2D eigenvalue weighted by atomic mass is 9.85. The molecule has 1 nitrogen and oxygen atoms in total. The van der Waals surface area contributed by atoms with Crippen molar-refractivity contribution in [3.05, 3.63) is 157 Å². The Kier molecular flexibility index (Phi) is 3.41. The molecule has 200 valence electrons. The van der Waals surface area contributed by atoms with Crippen LogP contribution in [-0.2, 0) is 0 Å². The first-order valence-electron chi connectivity index (χ1n) is 19.4. The van der Waals surface area contributed by atoms with Crippen molar-refractivity contribution in [3.63, 3.8) is 0 Å². The fourth-order valence-electron chi connectivity index (χ4n) is 6.07. The summed E-state index contributed by atoms with van der Waals surface area (Å²) < 4.78 is 103. The van der Waals surface area contributed by atoms with Crippen molar-refractivity contribution in [1.29, 1.82) is 0 Å². The van der Waals surface area contributed by atoms with Gasteiger partial charge < -0.3 is 4.42 Å². The van der Waals surface area contributed by atoms with E-state index in [1.807, 2.05) is 60.7 Å². The number of fused-ring (bicyclic) bond motifs is 6. The van der Waals surface area contributed by atoms with Gasteiger partial charge in [-0.15, -0.1) is 0 Å². The molecule has 0 atom stereocenters. The fourth-order valence-corrected chi connectivity index (χ4v) is 6.07. The fraction of sp³-hybridized carbons (Fsp3) is 0. The summed E-state index contributed by atoms with van der Waals surface area (Å²) in [6, 6.07) is 24.1. The zero-order chi connectivity index (χ0) is 37.9. The van der Waals surface area contributed by atoms with E-state index < -0.39 is 59.5 Å². The predicted molar refractivity (Wildman–Crippen MR) is 183 cm³/mol. The molecule has 0 fully saturated rings. The molecule has 9 rings (SSSR count). The van der Waals surface area contributed by atoms with E-state index in [-0.39, 0.29) is 45.6 Å². The maximum atomic E-state index is 9.57. The molecule has 0 bridgehead atoms. The van der Waals surface area contributed by atoms with Crippen molar-refractivity contribution in [2.45, 2.75) is 0 Å². The van der Waals surface area contributed by atoms with Gasteiger partial charge in [0.05, 0.1) is 15.1 Å². The van der Waals surface area contributed by atoms with Crippen molar-refractivity contribution in [1.82, 2.24) is 0 Å². The van der Waals surface area contributed by atoms with Crippen LogP contribution in [-0.4, -0.2) is 0 Å². The normalized spacial score (nSPS) is 15.3. The van der Waals surface area contributed by atoms with E-state index in [2.05, 4.69) is 30.3 Å². The molecule has 0 saturated carbocycles. The van der Waals surface area contributed by atoms with Gasteiger partial charge in [0.25, 0.3) is 0 Å². The van der Waals surface area contributed by atoms with Gasteiger partial charge in [0.2, 0.25) is 0 Å². The molecule has 0 aliphatic carbocycles. The highest BCUT2D eigenvalue weighted by Crippen LogP contribution is 2.45. The number of hydrogen-bond donors (Lipinski definition) is 0. The molecule has 0 aliphatic rings. The quantitative estimate of drug-likeness (QED) is 0.197. The Hall–Kier alpha value is -5.66. The first kappa shape index (κ1) is 15.5. The molecule has 0 radical (unpaired) electrons. The molecule has 8 aromatic carbocycles. The van der Waals surface area contributed by atoms with Gasteiger partial charge in [0.1, 0.15) is 11.2 Å². The number of rotatable bonds is 3. The summed E-state index contributed by atoms with van der Waals surface area (Å²) >= 11 is 0. The molecule has 0 saturated heterocycles. The van der Waals surface area contributed by atoms with Crippen LogP contribution in [0.1, 0.15) is 15.1 Å². The minimum atomic E-state index is -0.660. The van der Waals surface area contributed by atoms with Crippen molar-refractivity contribution in [2.75, 3.05) is 0 Å². The van der Waals surface area contributed by atoms with Crippen LogP contribution in [0.5, 0.6) is 0 Å². The molecule has 43 heavy (non-hydrogen) atoms. The average molecular weight is 558 g/mol. The minimum Gasteiger partial charge on any atom is -0.456 e. The van der Waals surface area contributed by atoms with Crippen LogP contribution in [0.4, 0.5) is 0 Å². The molecule has 1 heterocycles. The summed E-state index contributed by atoms with van der Waals surface area (Å²) in [6.07, 6.45) is 0. The Labute approximate surface area is 264 Å². The maximum Gasteiger partial charge on any atom is 0.136 e. The van der Waals surface area contributed by atoms with Crippen molar-refractivity contribution < 1.29 is 19.5 Å². The van der Waals surface area contributed by atoms with Gasteiger partial charge in [0.15, 0.2) is 0 Å². The van der Waals surface area contributed by atoms with E-state index in [1.54, 1.807) is 0 Å². The molecule has 0 N–H and O–H groups in total. The van der Waals surface area contributed by atoms with E-state index in [4.69, 9.17) is 14.0 Å². The Bertz CT molecular complexity index is 3040. The van der Waals surface area contributed by atoms with Crippen LogP contribution in [0.3, 0.4) is 0 Å². The molecule has 9 aromatic rings. The monoisotopic (exact) mass is 557 g/mol. The van der Waals surface area contributed by atoms with Crippen LogP contribution in [0.15, 0.2) is 162 Å². The Morgan fingerprint density at radius 2 is 1.02 bits per heavy atom. The molecule has 1 heteroatoms. The number of hydrogen-bond acceptors (Lipinski definition) is 1. The van der Waals surface area contributed by atoms with Crippen molar-refractivity contribution >= 4 is 54.3 Å². The lowest BCUT2D eigenvalue weighted by molar-refractivity contribution is 0.669. The third-order valence-corrected chi connectivity index (χ3v) is 7.98. The summed E-state index contributed by atoms with van der Waals surface area (Å²) in [7, 11) is 0. The highest BCUT2D eigenvalue weighted by atomic mass is 16.3. The standard InChI is InChI=1S/C42H26O/c1-2-10-27(11-3-1)30-21-23-39-38(25-30)33-22-20-32(26-40(33)43-39)42-36-16-8-6-14-34(36)41(35-15-7-9-17-37(35)42)31-19-18-28-12-4-5-13-29(28)24-31/h1-26H/i1D,2D,3D,10D,11D,20D,21D,22D,23D,25D,26D. The van der Waals surface area contributed by atoms with E-state index in [9.17, 15) is 5.48 Å². The average Bonchev–Trinajstić information content (AvgIpc) is 3.60. The molecule has 0 aliphatic heterocycles. The third-order valence-electron chi connectivity index (χ3n) is 7.98. The molecular formula is C42H26O. The summed E-state index contributed by atoms with van der Waals surface area (Å²) in [5.41, 5.74) is 1.40. The minimum absolute atomic E-state index is 0.0998. The van der Waals surface area contributed by atoms with Crippen LogP contribution < -0.4 is 0 Å². The first-order valence-corrected chi connectivity index (χ1v) is 13.9. The predicted octanol–water partition coefficient (Wildman–Crippen LogP) is 12.0. The van der Waals surface area contributed by atoms with E-state index in [0.717, 1.165) is 43.4 Å². The second kappa shape index (κ2) is 9.44. The van der Waals surface area contributed by atoms with Gasteiger partial charge in [-0.3, -0.25) is 0 Å². The Morgan fingerprint density at radius 3 is 1.74 bits per heavy atom. The van der Waals surface area contributed by atoms with Gasteiger partial charge in [-0.25, -0.2) is 0 Å². The molecule has 0 amide bonds. The van der Waals surface area contributed by atoms with E-state index >= 15 is 0 Å². The van der Waals surface area contributed by atoms with Gasteiger partial charge in [0, 0.05) is 10.8 Å². The van der Waals surface area contributed by atoms with Crippen LogP contribution in [0.2, 0.25) is 0 Å². The summed E-state index contributed by atoms with van der Waals surface area (Å²) in [5, 5.41) is 5.18. The maximum absolute atomic E-state index is 9.57. The van der Waals surface area contributed by atoms with Gasteiger partial charge in [-0.1, -0.05) is 127 Å². The highest BCUT2D eigenvalue weighted by molar-refractivity contribution is 6.22. The van der Waals surface area contributed by atoms with Crippen molar-refractivity contribution in [3.8, 4) is 33.4 Å². The first-order chi connectivity index (χ1) is 25.9. The molecule has 1 aromatic heterocycles. The topological polar surface area (TPSA) is 13.1 Å². The molecule has 0 spiro atoms. The summed E-state index contributed by atoms with van der Waals surface area (Å²) in [4.78, 5) is 0. The van der Waals surface area contributed by atoms with Gasteiger partial charge in [-0.2, -0.15) is 0 Å². The zero-order valence-electron chi connectivity index (χ0n) is 33.6. The van der Waals surface area contributed by atoms with Gasteiger partial charge in [-0.05, 0) is 95.9 Å². The zero-order valence-corrected chi connectivity index (χ0v) is 22.6. The molecular weight excluding hydrogens is 520 g/mol. The smallest absolute Gasteiger partial charge is 0.136 e. The lowest BCUT2D eigenvalue weighted by Crippen LogP contribution is -1.91. The second-order valence-electron chi connectivity index (χ2n) is 10.4. The van der Waals surface area contributed by atoms with Crippen LogP contribution >= 0.6 is 0 Å². The van der Waals surface area contributed by atoms with Crippen molar-refractivity contribution in [2.24, 2.45) is 0 Å². The summed E-state index contributed by atoms with van der Waals surface area (Å²) in [6.45, 7) is 0. The van der Waals surface area contributed by atoms with Crippen LogP contribution in [0, 0.1) is 0 Å². The Balaban J connectivity index is 1.39.